The van der Waals surface area contributed by atoms with Gasteiger partial charge in [-0.05, 0) is 13.3 Å². The van der Waals surface area contributed by atoms with Gasteiger partial charge in [0.2, 0.25) is 0 Å². The van der Waals surface area contributed by atoms with Crippen LogP contribution >= 0.6 is 0 Å². The highest BCUT2D eigenvalue weighted by Gasteiger charge is 2.07. The predicted octanol–water partition coefficient (Wildman–Crippen LogP) is 0.436. The summed E-state index contributed by atoms with van der Waals surface area (Å²) in [6.45, 7) is 8.24. The molecule has 0 amide bonds. The molecule has 0 unspecified atom stereocenters. The van der Waals surface area contributed by atoms with Gasteiger partial charge >= 0.3 is 5.97 Å². The second-order valence-corrected chi connectivity index (χ2v) is 3.83. The van der Waals surface area contributed by atoms with Gasteiger partial charge in [0.15, 0.2) is 0 Å². The summed E-state index contributed by atoms with van der Waals surface area (Å²) in [5.41, 5.74) is 0.401. The average molecular weight is 245 g/mol. The van der Waals surface area contributed by atoms with Gasteiger partial charge in [-0.15, -0.1) is 0 Å². The van der Waals surface area contributed by atoms with Crippen LogP contribution in [0, 0.1) is 0 Å². The van der Waals surface area contributed by atoms with Crippen molar-refractivity contribution in [1.29, 1.82) is 0 Å². The molecule has 0 aromatic carbocycles. The molecule has 0 rings (SSSR count). The van der Waals surface area contributed by atoms with E-state index in [0.717, 1.165) is 13.0 Å². The smallest absolute Gasteiger partial charge is 0.333 e. The number of carbonyl (C=O) groups is 1. The Bertz CT molecular complexity index is 231. The fourth-order valence-corrected chi connectivity index (χ4v) is 1.30. The molecule has 5 nitrogen and oxygen atoms in total. The number of carbonyl (C=O) groups excluding carboxylic acids is 1. The summed E-state index contributed by atoms with van der Waals surface area (Å²) in [6.07, 6.45) is 0.894. The lowest BCUT2D eigenvalue weighted by molar-refractivity contribution is -0.139. The molecule has 0 atom stereocenters. The van der Waals surface area contributed by atoms with E-state index in [2.05, 4.69) is 6.58 Å². The van der Waals surface area contributed by atoms with E-state index in [4.69, 9.17) is 14.6 Å². The van der Waals surface area contributed by atoms with Crippen LogP contribution in [0.25, 0.3) is 0 Å². The number of methoxy groups -OCH3 is 1. The third kappa shape index (κ3) is 8.85. The molecule has 0 saturated carbocycles. The number of hydrogen-bond acceptors (Lipinski definition) is 5. The normalized spacial score (nSPS) is 10.6. The van der Waals surface area contributed by atoms with Crippen molar-refractivity contribution in [2.75, 3.05) is 46.6 Å². The average Bonchev–Trinajstić information content (AvgIpc) is 2.29. The lowest BCUT2D eigenvalue weighted by atomic mass is 10.3. The minimum atomic E-state index is -0.370. The zero-order chi connectivity index (χ0) is 13.1. The minimum Gasteiger partial charge on any atom is -0.461 e. The number of aliphatic hydroxyl groups is 1. The van der Waals surface area contributed by atoms with Gasteiger partial charge < -0.3 is 14.6 Å². The molecule has 0 aromatic heterocycles. The van der Waals surface area contributed by atoms with Crippen LogP contribution in [0.3, 0.4) is 0 Å². The molecule has 17 heavy (non-hydrogen) atoms. The number of hydrogen-bond donors (Lipinski definition) is 1. The number of ether oxygens (including phenoxy) is 2. The Morgan fingerprint density at radius 2 is 2.00 bits per heavy atom. The van der Waals surface area contributed by atoms with Gasteiger partial charge in [-0.2, -0.15) is 0 Å². The number of esters is 1. The Balaban J connectivity index is 3.75. The molecule has 0 aliphatic heterocycles. The molecule has 0 aromatic rings. The molecular formula is C12H23NO4. The monoisotopic (exact) mass is 245 g/mol. The Kier molecular flexibility index (Phi) is 9.71. The number of rotatable bonds is 10. The SMILES string of the molecule is C=C(C)C(=O)OCCN(CCO)CCCOC. The van der Waals surface area contributed by atoms with E-state index in [1.54, 1.807) is 14.0 Å². The summed E-state index contributed by atoms with van der Waals surface area (Å²) in [7, 11) is 1.66. The van der Waals surface area contributed by atoms with E-state index in [-0.39, 0.29) is 12.6 Å². The molecule has 0 fully saturated rings. The van der Waals surface area contributed by atoms with Crippen LogP contribution in [0.1, 0.15) is 13.3 Å². The first kappa shape index (κ1) is 16.1. The second kappa shape index (κ2) is 10.3. The van der Waals surface area contributed by atoms with Crippen LogP contribution in [-0.4, -0.2) is 62.5 Å². The Hall–Kier alpha value is -0.910. The largest absolute Gasteiger partial charge is 0.461 e. The number of nitrogens with zero attached hydrogens (tertiary/aromatic N) is 1. The topological polar surface area (TPSA) is 59.0 Å². The summed E-state index contributed by atoms with van der Waals surface area (Å²) in [5.74, 6) is -0.370. The zero-order valence-corrected chi connectivity index (χ0v) is 10.8. The molecule has 100 valence electrons. The standard InChI is InChI=1S/C12H23NO4/c1-11(2)12(15)17-10-7-13(6-8-14)5-4-9-16-3/h14H,1,4-10H2,2-3H3. The third-order valence-electron chi connectivity index (χ3n) is 2.23. The Labute approximate surface area is 103 Å². The van der Waals surface area contributed by atoms with Crippen molar-refractivity contribution >= 4 is 5.97 Å². The van der Waals surface area contributed by atoms with Gasteiger partial charge in [0.25, 0.3) is 0 Å². The van der Waals surface area contributed by atoms with Crippen molar-refractivity contribution < 1.29 is 19.4 Å². The van der Waals surface area contributed by atoms with Gasteiger partial charge in [-0.3, -0.25) is 4.90 Å². The molecule has 0 aliphatic rings. The molecule has 0 aliphatic carbocycles. The van der Waals surface area contributed by atoms with Gasteiger partial charge in [0, 0.05) is 38.9 Å². The summed E-state index contributed by atoms with van der Waals surface area (Å²) < 4.78 is 9.95. The first-order valence-corrected chi connectivity index (χ1v) is 5.76. The predicted molar refractivity (Wildman–Crippen MR) is 65.8 cm³/mol. The van der Waals surface area contributed by atoms with E-state index < -0.39 is 0 Å². The van der Waals surface area contributed by atoms with Crippen molar-refractivity contribution in [2.45, 2.75) is 13.3 Å². The van der Waals surface area contributed by atoms with Crippen LogP contribution < -0.4 is 0 Å². The maximum atomic E-state index is 11.1. The van der Waals surface area contributed by atoms with Crippen molar-refractivity contribution in [3.63, 3.8) is 0 Å². The van der Waals surface area contributed by atoms with E-state index in [1.165, 1.54) is 0 Å². The maximum absolute atomic E-state index is 11.1. The van der Waals surface area contributed by atoms with Crippen LogP contribution in [0.4, 0.5) is 0 Å². The molecule has 0 bridgehead atoms. The summed E-state index contributed by atoms with van der Waals surface area (Å²) in [6, 6.07) is 0. The third-order valence-corrected chi connectivity index (χ3v) is 2.23. The number of aliphatic hydroxyl groups excluding tert-OH is 1. The van der Waals surface area contributed by atoms with E-state index in [1.807, 2.05) is 4.90 Å². The van der Waals surface area contributed by atoms with E-state index in [9.17, 15) is 4.79 Å². The molecule has 5 heteroatoms. The van der Waals surface area contributed by atoms with Crippen molar-refractivity contribution in [3.8, 4) is 0 Å². The van der Waals surface area contributed by atoms with Crippen molar-refractivity contribution in [2.24, 2.45) is 0 Å². The first-order valence-electron chi connectivity index (χ1n) is 5.76. The lowest BCUT2D eigenvalue weighted by Crippen LogP contribution is -2.32. The highest BCUT2D eigenvalue weighted by Crippen LogP contribution is 1.95. The highest BCUT2D eigenvalue weighted by molar-refractivity contribution is 5.86. The zero-order valence-electron chi connectivity index (χ0n) is 10.8. The fourth-order valence-electron chi connectivity index (χ4n) is 1.30. The summed E-state index contributed by atoms with van der Waals surface area (Å²) in [4.78, 5) is 13.2. The van der Waals surface area contributed by atoms with Gasteiger partial charge in [-0.25, -0.2) is 4.79 Å². The summed E-state index contributed by atoms with van der Waals surface area (Å²) in [5, 5.41) is 8.90. The fraction of sp³-hybridized carbons (Fsp3) is 0.750. The Morgan fingerprint density at radius 1 is 1.29 bits per heavy atom. The quantitative estimate of drug-likeness (QED) is 0.344. The first-order chi connectivity index (χ1) is 8.11. The second-order valence-electron chi connectivity index (χ2n) is 3.83. The molecule has 0 heterocycles. The maximum Gasteiger partial charge on any atom is 0.333 e. The van der Waals surface area contributed by atoms with E-state index in [0.29, 0.717) is 31.9 Å². The molecule has 0 saturated heterocycles. The molecule has 1 N–H and O–H groups in total. The molecule has 0 radical (unpaired) electrons. The molecule has 0 spiro atoms. The van der Waals surface area contributed by atoms with Gasteiger partial charge in [-0.1, -0.05) is 6.58 Å². The van der Waals surface area contributed by atoms with E-state index >= 15 is 0 Å². The van der Waals surface area contributed by atoms with Crippen LogP contribution in [-0.2, 0) is 14.3 Å². The molecular weight excluding hydrogens is 222 g/mol. The summed E-state index contributed by atoms with van der Waals surface area (Å²) >= 11 is 0. The Morgan fingerprint density at radius 3 is 2.53 bits per heavy atom. The van der Waals surface area contributed by atoms with Gasteiger partial charge in [0.05, 0.1) is 6.61 Å². The minimum absolute atomic E-state index is 0.0986. The lowest BCUT2D eigenvalue weighted by Gasteiger charge is -2.20. The van der Waals surface area contributed by atoms with Gasteiger partial charge in [0.1, 0.15) is 6.61 Å². The van der Waals surface area contributed by atoms with Crippen LogP contribution in [0.2, 0.25) is 0 Å². The van der Waals surface area contributed by atoms with Crippen molar-refractivity contribution in [1.82, 2.24) is 4.90 Å². The van der Waals surface area contributed by atoms with Crippen molar-refractivity contribution in [3.05, 3.63) is 12.2 Å². The van der Waals surface area contributed by atoms with Crippen LogP contribution in [0.15, 0.2) is 12.2 Å². The highest BCUT2D eigenvalue weighted by atomic mass is 16.5. The van der Waals surface area contributed by atoms with Crippen LogP contribution in [0.5, 0.6) is 0 Å².